The fraction of sp³-hybridized carbons (Fsp3) is 0.300. The van der Waals surface area contributed by atoms with E-state index in [9.17, 15) is 14.0 Å². The minimum absolute atomic E-state index is 0.0434. The van der Waals surface area contributed by atoms with Crippen LogP contribution in [0.3, 0.4) is 0 Å². The Hall–Kier alpha value is -2.25. The molecule has 1 fully saturated rings. The fourth-order valence-corrected chi connectivity index (χ4v) is 3.14. The smallest absolute Gasteiger partial charge is 0.224 e. The Morgan fingerprint density at radius 2 is 1.78 bits per heavy atom. The standard InChI is InChI=1S/C20H20BrFN2O3/c21-15-3-1-14(2-4-15)19(25)7-8-20(26)23-16-5-6-18(17(22)13-16)24-9-11-27-12-10-24/h1-6,13H,7-12H2,(H,23,26). The number of rotatable bonds is 6. The number of ether oxygens (including phenoxy) is 1. The van der Waals surface area contributed by atoms with E-state index < -0.39 is 0 Å². The number of Topliss-reactive ketones (excluding diaryl/α,β-unsaturated/α-hetero) is 1. The lowest BCUT2D eigenvalue weighted by molar-refractivity contribution is -0.116. The zero-order valence-corrected chi connectivity index (χ0v) is 16.3. The SMILES string of the molecule is O=C(CCC(=O)c1ccc(Br)cc1)Nc1ccc(N2CCOCC2)c(F)c1. The van der Waals surface area contributed by atoms with Crippen molar-refractivity contribution in [1.29, 1.82) is 0 Å². The van der Waals surface area contributed by atoms with Gasteiger partial charge < -0.3 is 15.0 Å². The van der Waals surface area contributed by atoms with Gasteiger partial charge in [0.05, 0.1) is 18.9 Å². The molecule has 0 radical (unpaired) electrons. The van der Waals surface area contributed by atoms with Crippen molar-refractivity contribution < 1.29 is 18.7 Å². The number of hydrogen-bond acceptors (Lipinski definition) is 4. The monoisotopic (exact) mass is 434 g/mol. The number of benzene rings is 2. The summed E-state index contributed by atoms with van der Waals surface area (Å²) < 4.78 is 20.5. The van der Waals surface area contributed by atoms with Gasteiger partial charge in [-0.15, -0.1) is 0 Å². The molecule has 142 valence electrons. The van der Waals surface area contributed by atoms with E-state index in [0.29, 0.717) is 43.2 Å². The molecule has 0 saturated carbocycles. The molecule has 2 aromatic rings. The number of nitrogens with one attached hydrogen (secondary N) is 1. The number of anilines is 2. The summed E-state index contributed by atoms with van der Waals surface area (Å²) in [6.45, 7) is 2.43. The zero-order valence-electron chi connectivity index (χ0n) is 14.7. The van der Waals surface area contributed by atoms with Crippen molar-refractivity contribution in [2.75, 3.05) is 36.5 Å². The molecular formula is C20H20BrFN2O3. The van der Waals surface area contributed by atoms with Gasteiger partial charge in [-0.3, -0.25) is 9.59 Å². The number of ketones is 1. The van der Waals surface area contributed by atoms with Gasteiger partial charge in [-0.2, -0.15) is 0 Å². The summed E-state index contributed by atoms with van der Waals surface area (Å²) in [4.78, 5) is 26.1. The molecule has 0 bridgehead atoms. The Kier molecular flexibility index (Phi) is 6.58. The van der Waals surface area contributed by atoms with Gasteiger partial charge in [-0.1, -0.05) is 28.1 Å². The van der Waals surface area contributed by atoms with Crippen LogP contribution >= 0.6 is 15.9 Å². The van der Waals surface area contributed by atoms with Crippen molar-refractivity contribution in [3.05, 3.63) is 58.3 Å². The summed E-state index contributed by atoms with van der Waals surface area (Å²) in [6.07, 6.45) is 0.142. The minimum atomic E-state index is -0.388. The Morgan fingerprint density at radius 3 is 2.44 bits per heavy atom. The second-order valence-electron chi connectivity index (χ2n) is 6.24. The molecule has 1 N–H and O–H groups in total. The normalized spacial score (nSPS) is 14.1. The molecule has 5 nitrogen and oxygen atoms in total. The van der Waals surface area contributed by atoms with Crippen LogP contribution in [-0.2, 0) is 9.53 Å². The van der Waals surface area contributed by atoms with Gasteiger partial charge >= 0.3 is 0 Å². The van der Waals surface area contributed by atoms with Crippen LogP contribution in [0.4, 0.5) is 15.8 Å². The van der Waals surface area contributed by atoms with Crippen LogP contribution in [0.5, 0.6) is 0 Å². The highest BCUT2D eigenvalue weighted by Gasteiger charge is 2.16. The maximum absolute atomic E-state index is 14.4. The highest BCUT2D eigenvalue weighted by molar-refractivity contribution is 9.10. The summed E-state index contributed by atoms with van der Waals surface area (Å²) in [5.41, 5.74) is 1.44. The quantitative estimate of drug-likeness (QED) is 0.697. The molecule has 7 heteroatoms. The lowest BCUT2D eigenvalue weighted by Crippen LogP contribution is -2.36. The first kappa shape index (κ1) is 19.5. The fourth-order valence-electron chi connectivity index (χ4n) is 2.88. The van der Waals surface area contributed by atoms with E-state index in [1.165, 1.54) is 6.07 Å². The van der Waals surface area contributed by atoms with Crippen LogP contribution in [0.2, 0.25) is 0 Å². The first-order valence-corrected chi connectivity index (χ1v) is 9.53. The summed E-state index contributed by atoms with van der Waals surface area (Å²) in [5, 5.41) is 2.65. The first-order valence-electron chi connectivity index (χ1n) is 8.74. The number of morpholine rings is 1. The predicted octanol–water partition coefficient (Wildman–Crippen LogP) is 4.03. The minimum Gasteiger partial charge on any atom is -0.378 e. The van der Waals surface area contributed by atoms with Gasteiger partial charge in [0, 0.05) is 41.7 Å². The third-order valence-electron chi connectivity index (χ3n) is 4.33. The molecule has 0 unspecified atom stereocenters. The van der Waals surface area contributed by atoms with Crippen molar-refractivity contribution in [3.8, 4) is 0 Å². The maximum Gasteiger partial charge on any atom is 0.224 e. The van der Waals surface area contributed by atoms with Crippen LogP contribution in [0.1, 0.15) is 23.2 Å². The summed E-state index contributed by atoms with van der Waals surface area (Å²) in [6, 6.07) is 11.6. The van der Waals surface area contributed by atoms with Crippen molar-refractivity contribution in [2.45, 2.75) is 12.8 Å². The number of carbonyl (C=O) groups is 2. The number of nitrogens with zero attached hydrogens (tertiary/aromatic N) is 1. The number of carbonyl (C=O) groups excluding carboxylic acids is 2. The Balaban J connectivity index is 1.53. The van der Waals surface area contributed by atoms with Gasteiger partial charge in [-0.05, 0) is 30.3 Å². The molecule has 1 aliphatic heterocycles. The lowest BCUT2D eigenvalue weighted by atomic mass is 10.1. The molecule has 3 rings (SSSR count). The second kappa shape index (κ2) is 9.10. The van der Waals surface area contributed by atoms with Crippen LogP contribution in [0.25, 0.3) is 0 Å². The van der Waals surface area contributed by atoms with Crippen LogP contribution in [-0.4, -0.2) is 38.0 Å². The Labute approximate surface area is 165 Å². The second-order valence-corrected chi connectivity index (χ2v) is 7.16. The molecule has 2 aromatic carbocycles. The highest BCUT2D eigenvalue weighted by Crippen LogP contribution is 2.24. The van der Waals surface area contributed by atoms with E-state index in [4.69, 9.17) is 4.74 Å². The third kappa shape index (κ3) is 5.37. The maximum atomic E-state index is 14.4. The van der Waals surface area contributed by atoms with Crippen molar-refractivity contribution >= 4 is 39.0 Å². The van der Waals surface area contributed by atoms with Gasteiger partial charge in [0.25, 0.3) is 0 Å². The molecule has 1 heterocycles. The summed E-state index contributed by atoms with van der Waals surface area (Å²) >= 11 is 3.31. The third-order valence-corrected chi connectivity index (χ3v) is 4.86. The molecule has 0 aliphatic carbocycles. The number of amides is 1. The predicted molar refractivity (Wildman–Crippen MR) is 106 cm³/mol. The molecular weight excluding hydrogens is 415 g/mol. The van der Waals surface area contributed by atoms with E-state index in [1.54, 1.807) is 36.4 Å². The van der Waals surface area contributed by atoms with Gasteiger partial charge in [0.1, 0.15) is 5.82 Å². The lowest BCUT2D eigenvalue weighted by Gasteiger charge is -2.29. The molecule has 1 saturated heterocycles. The van der Waals surface area contributed by atoms with Crippen molar-refractivity contribution in [2.24, 2.45) is 0 Å². The molecule has 0 spiro atoms. The molecule has 1 amide bonds. The summed E-state index contributed by atoms with van der Waals surface area (Å²) in [5.74, 6) is -0.814. The average Bonchev–Trinajstić information content (AvgIpc) is 2.67. The Bertz CT molecular complexity index is 820. The largest absolute Gasteiger partial charge is 0.378 e. The number of hydrogen-bond donors (Lipinski definition) is 1. The van der Waals surface area contributed by atoms with E-state index in [2.05, 4.69) is 21.2 Å². The average molecular weight is 435 g/mol. The molecule has 1 aliphatic rings. The van der Waals surface area contributed by atoms with E-state index >= 15 is 0 Å². The van der Waals surface area contributed by atoms with E-state index in [1.807, 2.05) is 4.90 Å². The van der Waals surface area contributed by atoms with Crippen molar-refractivity contribution in [3.63, 3.8) is 0 Å². The molecule has 27 heavy (non-hydrogen) atoms. The molecule has 0 atom stereocenters. The van der Waals surface area contributed by atoms with Crippen LogP contribution in [0.15, 0.2) is 46.9 Å². The van der Waals surface area contributed by atoms with Gasteiger partial charge in [-0.25, -0.2) is 4.39 Å². The number of halogens is 2. The van der Waals surface area contributed by atoms with Gasteiger partial charge in [0.2, 0.25) is 5.91 Å². The first-order chi connectivity index (χ1) is 13.0. The summed E-state index contributed by atoms with van der Waals surface area (Å²) in [7, 11) is 0. The van der Waals surface area contributed by atoms with E-state index in [0.717, 1.165) is 4.47 Å². The van der Waals surface area contributed by atoms with Crippen molar-refractivity contribution in [1.82, 2.24) is 0 Å². The topological polar surface area (TPSA) is 58.6 Å². The zero-order chi connectivity index (χ0) is 19.2. The van der Waals surface area contributed by atoms with Crippen LogP contribution < -0.4 is 10.2 Å². The Morgan fingerprint density at radius 1 is 1.07 bits per heavy atom. The van der Waals surface area contributed by atoms with E-state index in [-0.39, 0.29) is 30.3 Å². The molecule has 0 aromatic heterocycles. The van der Waals surface area contributed by atoms with Crippen LogP contribution in [0, 0.1) is 5.82 Å². The highest BCUT2D eigenvalue weighted by atomic mass is 79.9. The van der Waals surface area contributed by atoms with Gasteiger partial charge in [0.15, 0.2) is 5.78 Å².